The second kappa shape index (κ2) is 8.11. The van der Waals surface area contributed by atoms with E-state index in [1.54, 1.807) is 0 Å². The largest absolute Gasteiger partial charge is 0.481 e. The maximum Gasteiger partial charge on any atom is 0.306 e. The lowest BCUT2D eigenvalue weighted by molar-refractivity contribution is -0.146. The van der Waals surface area contributed by atoms with Crippen LogP contribution in [0.5, 0.6) is 0 Å². The molecule has 0 aliphatic carbocycles. The highest BCUT2D eigenvalue weighted by molar-refractivity contribution is 5.73. The molecule has 1 N–H and O–H groups in total. The molecule has 4 heteroatoms. The van der Waals surface area contributed by atoms with Crippen molar-refractivity contribution in [1.82, 2.24) is 0 Å². The van der Waals surface area contributed by atoms with E-state index in [1.807, 2.05) is 6.92 Å². The zero-order valence-corrected chi connectivity index (χ0v) is 12.0. The topological polar surface area (TPSA) is 63.6 Å². The normalized spacial score (nSPS) is 15.8. The van der Waals surface area contributed by atoms with Gasteiger partial charge in [0.1, 0.15) is 0 Å². The van der Waals surface area contributed by atoms with Crippen LogP contribution in [-0.4, -0.2) is 24.2 Å². The number of carboxylic acid groups (broad SMARTS) is 1. The fourth-order valence-electron chi connectivity index (χ4n) is 2.12. The van der Waals surface area contributed by atoms with Crippen molar-refractivity contribution in [2.45, 2.75) is 59.3 Å². The second-order valence-electron chi connectivity index (χ2n) is 5.23. The predicted molar refractivity (Wildman–Crippen MR) is 70.3 cm³/mol. The van der Waals surface area contributed by atoms with Crippen LogP contribution in [0, 0.1) is 11.3 Å². The molecule has 0 aliphatic heterocycles. The number of aliphatic carboxylic acids is 1. The summed E-state index contributed by atoms with van der Waals surface area (Å²) in [5.41, 5.74) is -0.456. The third-order valence-electron chi connectivity index (χ3n) is 3.89. The summed E-state index contributed by atoms with van der Waals surface area (Å²) in [6, 6.07) is 0. The summed E-state index contributed by atoms with van der Waals surface area (Å²) in [6.45, 7) is 6.22. The van der Waals surface area contributed by atoms with Crippen molar-refractivity contribution in [3.8, 4) is 0 Å². The number of hydrogen-bond donors (Lipinski definition) is 1. The highest BCUT2D eigenvalue weighted by Crippen LogP contribution is 2.38. The molecule has 0 aromatic rings. The quantitative estimate of drug-likeness (QED) is 0.645. The van der Waals surface area contributed by atoms with Gasteiger partial charge in [-0.2, -0.15) is 0 Å². The molecule has 0 amide bonds. The van der Waals surface area contributed by atoms with Crippen LogP contribution in [-0.2, 0) is 14.3 Å². The molecule has 0 aromatic heterocycles. The monoisotopic (exact) mass is 258 g/mol. The minimum atomic E-state index is -0.843. The molecule has 0 rings (SSSR count). The van der Waals surface area contributed by atoms with Gasteiger partial charge in [0, 0.05) is 0 Å². The van der Waals surface area contributed by atoms with Crippen LogP contribution in [0.15, 0.2) is 0 Å². The van der Waals surface area contributed by atoms with E-state index in [0.29, 0.717) is 12.3 Å². The summed E-state index contributed by atoms with van der Waals surface area (Å²) in [5.74, 6) is -0.602. The van der Waals surface area contributed by atoms with Crippen LogP contribution < -0.4 is 0 Å². The van der Waals surface area contributed by atoms with Gasteiger partial charge in [0.05, 0.1) is 20.0 Å². The van der Waals surface area contributed by atoms with Gasteiger partial charge in [-0.15, -0.1) is 0 Å². The van der Waals surface area contributed by atoms with Crippen molar-refractivity contribution < 1.29 is 19.4 Å². The predicted octanol–water partition coefficient (Wildman–Crippen LogP) is 3.25. The molecule has 0 aliphatic rings. The number of methoxy groups -OCH3 is 1. The third-order valence-corrected chi connectivity index (χ3v) is 3.89. The van der Waals surface area contributed by atoms with Crippen molar-refractivity contribution in [3.63, 3.8) is 0 Å². The summed E-state index contributed by atoms with van der Waals surface area (Å²) in [6.07, 6.45) is 3.71. The molecule has 2 atom stereocenters. The summed E-state index contributed by atoms with van der Waals surface area (Å²) >= 11 is 0. The van der Waals surface area contributed by atoms with Gasteiger partial charge in [-0.25, -0.2) is 0 Å². The van der Waals surface area contributed by atoms with Crippen LogP contribution in [0.25, 0.3) is 0 Å². The van der Waals surface area contributed by atoms with E-state index < -0.39 is 11.4 Å². The molecule has 18 heavy (non-hydrogen) atoms. The Morgan fingerprint density at radius 2 is 1.89 bits per heavy atom. The lowest BCUT2D eigenvalue weighted by atomic mass is 9.73. The third kappa shape index (κ3) is 6.03. The minimum Gasteiger partial charge on any atom is -0.481 e. The Labute approximate surface area is 110 Å². The average Bonchev–Trinajstić information content (AvgIpc) is 2.34. The Morgan fingerprint density at radius 3 is 2.28 bits per heavy atom. The standard InChI is InChI=1S/C14H26O4/c1-5-11(3)7-8-14(6-2,9-12(15)16)10-13(17)18-4/h11H,5-10H2,1-4H3,(H,15,16). The van der Waals surface area contributed by atoms with E-state index in [2.05, 4.69) is 13.8 Å². The van der Waals surface area contributed by atoms with Crippen molar-refractivity contribution in [2.24, 2.45) is 11.3 Å². The lowest BCUT2D eigenvalue weighted by Crippen LogP contribution is -2.28. The SMILES string of the molecule is CCC(C)CCC(CC)(CC(=O)O)CC(=O)OC. The Kier molecular flexibility index (Phi) is 7.64. The van der Waals surface area contributed by atoms with Crippen LogP contribution in [0.3, 0.4) is 0 Å². The van der Waals surface area contributed by atoms with E-state index in [0.717, 1.165) is 19.3 Å². The van der Waals surface area contributed by atoms with E-state index in [4.69, 9.17) is 9.84 Å². The molecule has 0 radical (unpaired) electrons. The maximum absolute atomic E-state index is 11.5. The van der Waals surface area contributed by atoms with Crippen LogP contribution in [0.2, 0.25) is 0 Å². The van der Waals surface area contributed by atoms with E-state index in [1.165, 1.54) is 7.11 Å². The molecule has 106 valence electrons. The molecule has 2 unspecified atom stereocenters. The van der Waals surface area contributed by atoms with Crippen molar-refractivity contribution >= 4 is 11.9 Å². The van der Waals surface area contributed by atoms with Gasteiger partial charge in [-0.05, 0) is 24.2 Å². The summed E-state index contributed by atoms with van der Waals surface area (Å²) < 4.78 is 4.69. The number of carboxylic acids is 1. The zero-order chi connectivity index (χ0) is 14.2. The fourth-order valence-corrected chi connectivity index (χ4v) is 2.12. The molecule has 0 fully saturated rings. The number of ether oxygens (including phenoxy) is 1. The van der Waals surface area contributed by atoms with Gasteiger partial charge in [0.25, 0.3) is 0 Å². The highest BCUT2D eigenvalue weighted by atomic mass is 16.5. The molecule has 4 nitrogen and oxygen atoms in total. The highest BCUT2D eigenvalue weighted by Gasteiger charge is 2.34. The van der Waals surface area contributed by atoms with Crippen molar-refractivity contribution in [1.29, 1.82) is 0 Å². The van der Waals surface area contributed by atoms with E-state index in [-0.39, 0.29) is 18.8 Å². The summed E-state index contributed by atoms with van der Waals surface area (Å²) in [5, 5.41) is 9.04. The average molecular weight is 258 g/mol. The van der Waals surface area contributed by atoms with Gasteiger partial charge in [-0.3, -0.25) is 9.59 Å². The van der Waals surface area contributed by atoms with Crippen LogP contribution in [0.4, 0.5) is 0 Å². The molecule has 0 spiro atoms. The Morgan fingerprint density at radius 1 is 1.28 bits per heavy atom. The zero-order valence-electron chi connectivity index (χ0n) is 12.0. The first kappa shape index (κ1) is 16.9. The number of hydrogen-bond acceptors (Lipinski definition) is 3. The minimum absolute atomic E-state index is 0.0367. The molecule has 0 heterocycles. The molecule has 0 saturated heterocycles. The lowest BCUT2D eigenvalue weighted by Gasteiger charge is -2.31. The van der Waals surface area contributed by atoms with E-state index >= 15 is 0 Å². The molecular weight excluding hydrogens is 232 g/mol. The summed E-state index contributed by atoms with van der Waals surface area (Å²) in [4.78, 5) is 22.5. The molecular formula is C14H26O4. The van der Waals surface area contributed by atoms with Gasteiger partial charge in [0.2, 0.25) is 0 Å². The van der Waals surface area contributed by atoms with Gasteiger partial charge >= 0.3 is 11.9 Å². The van der Waals surface area contributed by atoms with Crippen molar-refractivity contribution in [2.75, 3.05) is 7.11 Å². The fraction of sp³-hybridized carbons (Fsp3) is 0.857. The van der Waals surface area contributed by atoms with E-state index in [9.17, 15) is 9.59 Å². The number of esters is 1. The first-order chi connectivity index (χ1) is 8.39. The van der Waals surface area contributed by atoms with Crippen molar-refractivity contribution in [3.05, 3.63) is 0 Å². The van der Waals surface area contributed by atoms with Gasteiger partial charge < -0.3 is 9.84 Å². The van der Waals surface area contributed by atoms with Crippen LogP contribution in [0.1, 0.15) is 59.3 Å². The Balaban J connectivity index is 4.74. The number of carbonyl (C=O) groups excluding carboxylic acids is 1. The number of rotatable bonds is 9. The second-order valence-corrected chi connectivity index (χ2v) is 5.23. The Bertz CT molecular complexity index is 275. The first-order valence-corrected chi connectivity index (χ1v) is 6.67. The molecule has 0 bridgehead atoms. The van der Waals surface area contributed by atoms with Gasteiger partial charge in [-0.1, -0.05) is 33.6 Å². The maximum atomic E-state index is 11.5. The first-order valence-electron chi connectivity index (χ1n) is 6.67. The molecule has 0 aromatic carbocycles. The Hall–Kier alpha value is -1.06. The van der Waals surface area contributed by atoms with Crippen LogP contribution >= 0.6 is 0 Å². The molecule has 0 saturated carbocycles. The number of carbonyl (C=O) groups is 2. The smallest absolute Gasteiger partial charge is 0.306 e. The summed E-state index contributed by atoms with van der Waals surface area (Å²) in [7, 11) is 1.35. The van der Waals surface area contributed by atoms with Gasteiger partial charge in [0.15, 0.2) is 0 Å².